The smallest absolute Gasteiger partial charge is 0.166 e. The van der Waals surface area contributed by atoms with Gasteiger partial charge in [-0.15, -0.1) is 0 Å². The van der Waals surface area contributed by atoms with Crippen molar-refractivity contribution in [3.8, 4) is 11.5 Å². The number of benzene rings is 2. The molecule has 1 heterocycles. The van der Waals surface area contributed by atoms with Gasteiger partial charge in [0.1, 0.15) is 12.4 Å². The van der Waals surface area contributed by atoms with Crippen LogP contribution in [0.4, 0.5) is 4.39 Å². The fourth-order valence-electron chi connectivity index (χ4n) is 2.96. The summed E-state index contributed by atoms with van der Waals surface area (Å²) >= 11 is 0. The third kappa shape index (κ3) is 4.71. The molecule has 1 unspecified atom stereocenters. The zero-order valence-electron chi connectivity index (χ0n) is 14.5. The fourth-order valence-corrected chi connectivity index (χ4v) is 2.96. The van der Waals surface area contributed by atoms with Gasteiger partial charge in [0.2, 0.25) is 0 Å². The van der Waals surface area contributed by atoms with E-state index in [9.17, 15) is 4.39 Å². The molecular formula is C20H24FNO3. The van der Waals surface area contributed by atoms with E-state index in [1.807, 2.05) is 18.2 Å². The van der Waals surface area contributed by atoms with Crippen molar-refractivity contribution in [3.05, 3.63) is 59.4 Å². The van der Waals surface area contributed by atoms with Gasteiger partial charge in [0.25, 0.3) is 0 Å². The first-order valence-electron chi connectivity index (χ1n) is 8.62. The lowest BCUT2D eigenvalue weighted by molar-refractivity contribution is 0.110. The first kappa shape index (κ1) is 17.7. The molecule has 4 nitrogen and oxygen atoms in total. The first-order chi connectivity index (χ1) is 12.3. The quantitative estimate of drug-likeness (QED) is 0.792. The summed E-state index contributed by atoms with van der Waals surface area (Å²) in [4.78, 5) is 0. The molecule has 25 heavy (non-hydrogen) atoms. The van der Waals surface area contributed by atoms with Crippen molar-refractivity contribution >= 4 is 0 Å². The van der Waals surface area contributed by atoms with E-state index < -0.39 is 0 Å². The van der Waals surface area contributed by atoms with Gasteiger partial charge < -0.3 is 19.5 Å². The van der Waals surface area contributed by atoms with E-state index in [0.717, 1.165) is 31.6 Å². The predicted molar refractivity (Wildman–Crippen MR) is 94.4 cm³/mol. The van der Waals surface area contributed by atoms with Gasteiger partial charge in [0.05, 0.1) is 13.2 Å². The minimum absolute atomic E-state index is 0.159. The molecule has 1 fully saturated rings. The van der Waals surface area contributed by atoms with Crippen LogP contribution in [0.25, 0.3) is 0 Å². The molecule has 5 heteroatoms. The van der Waals surface area contributed by atoms with E-state index in [-0.39, 0.29) is 18.5 Å². The van der Waals surface area contributed by atoms with Crippen molar-refractivity contribution in [1.29, 1.82) is 0 Å². The van der Waals surface area contributed by atoms with Gasteiger partial charge in [-0.1, -0.05) is 30.3 Å². The molecule has 0 amide bonds. The summed E-state index contributed by atoms with van der Waals surface area (Å²) in [6.07, 6.45) is 2.51. The van der Waals surface area contributed by atoms with Crippen LogP contribution in [0.3, 0.4) is 0 Å². The topological polar surface area (TPSA) is 39.7 Å². The lowest BCUT2D eigenvalue weighted by Crippen LogP contribution is -2.26. The van der Waals surface area contributed by atoms with Crippen LogP contribution in [0.1, 0.15) is 24.0 Å². The Morgan fingerprint density at radius 3 is 2.76 bits per heavy atom. The summed E-state index contributed by atoms with van der Waals surface area (Å²) in [5.41, 5.74) is 1.50. The summed E-state index contributed by atoms with van der Waals surface area (Å²) in [7, 11) is 1.61. The molecule has 1 N–H and O–H groups in total. The van der Waals surface area contributed by atoms with Crippen molar-refractivity contribution < 1.29 is 18.6 Å². The molecule has 0 aromatic heterocycles. The van der Waals surface area contributed by atoms with Crippen LogP contribution < -0.4 is 14.8 Å². The van der Waals surface area contributed by atoms with Gasteiger partial charge in [-0.25, -0.2) is 4.39 Å². The highest BCUT2D eigenvalue weighted by Gasteiger charge is 2.16. The van der Waals surface area contributed by atoms with E-state index in [1.165, 1.54) is 6.07 Å². The molecule has 0 radical (unpaired) electrons. The molecule has 134 valence electrons. The lowest BCUT2D eigenvalue weighted by atomic mass is 10.1. The van der Waals surface area contributed by atoms with Crippen LogP contribution in [0.2, 0.25) is 0 Å². The molecule has 0 saturated carbocycles. The zero-order chi connectivity index (χ0) is 17.5. The Bertz CT molecular complexity index is 686. The number of para-hydroxylation sites is 1. The summed E-state index contributed by atoms with van der Waals surface area (Å²) in [6, 6.07) is 12.4. The van der Waals surface area contributed by atoms with Gasteiger partial charge in [-0.05, 0) is 25.0 Å². The second kappa shape index (κ2) is 8.83. The van der Waals surface area contributed by atoms with Gasteiger partial charge in [0, 0.05) is 30.8 Å². The van der Waals surface area contributed by atoms with Crippen LogP contribution in [0.5, 0.6) is 11.5 Å². The molecule has 1 saturated heterocycles. The molecule has 1 atom stereocenters. The summed E-state index contributed by atoms with van der Waals surface area (Å²) in [6.45, 7) is 2.46. The molecular weight excluding hydrogens is 321 g/mol. The average molecular weight is 345 g/mol. The van der Waals surface area contributed by atoms with Crippen molar-refractivity contribution in [2.24, 2.45) is 0 Å². The van der Waals surface area contributed by atoms with Crippen LogP contribution in [0, 0.1) is 5.82 Å². The maximum Gasteiger partial charge on any atom is 0.166 e. The molecule has 3 rings (SSSR count). The lowest BCUT2D eigenvalue weighted by Gasteiger charge is -2.17. The van der Waals surface area contributed by atoms with Gasteiger partial charge in [-0.2, -0.15) is 0 Å². The molecule has 1 aliphatic heterocycles. The Kier molecular flexibility index (Phi) is 6.25. The predicted octanol–water partition coefficient (Wildman–Crippen LogP) is 3.68. The fraction of sp³-hybridized carbons (Fsp3) is 0.400. The zero-order valence-corrected chi connectivity index (χ0v) is 14.5. The Morgan fingerprint density at radius 1 is 1.16 bits per heavy atom. The molecule has 0 bridgehead atoms. The van der Waals surface area contributed by atoms with Gasteiger partial charge >= 0.3 is 0 Å². The number of hydrogen-bond acceptors (Lipinski definition) is 4. The number of hydrogen-bond donors (Lipinski definition) is 1. The van der Waals surface area contributed by atoms with Crippen LogP contribution in [-0.2, 0) is 17.9 Å². The van der Waals surface area contributed by atoms with E-state index >= 15 is 0 Å². The Balaban J connectivity index is 1.66. The number of methoxy groups -OCH3 is 1. The summed E-state index contributed by atoms with van der Waals surface area (Å²) < 4.78 is 30.8. The average Bonchev–Trinajstić information content (AvgIpc) is 3.15. The normalized spacial score (nSPS) is 16.8. The monoisotopic (exact) mass is 345 g/mol. The second-order valence-corrected chi connectivity index (χ2v) is 6.09. The van der Waals surface area contributed by atoms with Crippen molar-refractivity contribution in [3.63, 3.8) is 0 Å². The summed E-state index contributed by atoms with van der Waals surface area (Å²) in [5, 5.41) is 3.41. The van der Waals surface area contributed by atoms with Crippen LogP contribution >= 0.6 is 0 Å². The largest absolute Gasteiger partial charge is 0.493 e. The third-order valence-corrected chi connectivity index (χ3v) is 4.32. The highest BCUT2D eigenvalue weighted by molar-refractivity contribution is 5.46. The minimum atomic E-state index is -0.268. The van der Waals surface area contributed by atoms with Crippen LogP contribution in [-0.4, -0.2) is 26.4 Å². The number of ether oxygens (including phenoxy) is 3. The number of halogens is 1. The van der Waals surface area contributed by atoms with Crippen molar-refractivity contribution in [1.82, 2.24) is 5.32 Å². The van der Waals surface area contributed by atoms with E-state index in [0.29, 0.717) is 23.6 Å². The Morgan fingerprint density at radius 2 is 2.00 bits per heavy atom. The van der Waals surface area contributed by atoms with E-state index in [2.05, 4.69) is 5.32 Å². The summed E-state index contributed by atoms with van der Waals surface area (Å²) in [5.74, 6) is 1.02. The third-order valence-electron chi connectivity index (χ3n) is 4.32. The molecule has 0 aliphatic carbocycles. The standard InChI is InChI=1S/C20H24FNO3/c1-23-19-10-4-7-15(12-22-13-17-8-5-11-24-17)20(19)25-14-16-6-2-3-9-18(16)21/h2-4,6-7,9-10,17,22H,5,8,11-14H2,1H3. The van der Waals surface area contributed by atoms with Crippen molar-refractivity contribution in [2.75, 3.05) is 20.3 Å². The van der Waals surface area contributed by atoms with E-state index in [4.69, 9.17) is 14.2 Å². The SMILES string of the molecule is COc1cccc(CNCC2CCCO2)c1OCc1ccccc1F. The number of rotatable bonds is 8. The first-order valence-corrected chi connectivity index (χ1v) is 8.62. The molecule has 0 spiro atoms. The molecule has 1 aliphatic rings. The van der Waals surface area contributed by atoms with Gasteiger partial charge in [-0.3, -0.25) is 0 Å². The highest BCUT2D eigenvalue weighted by atomic mass is 19.1. The molecule has 2 aromatic carbocycles. The van der Waals surface area contributed by atoms with E-state index in [1.54, 1.807) is 25.3 Å². The maximum atomic E-state index is 13.8. The molecule has 2 aromatic rings. The highest BCUT2D eigenvalue weighted by Crippen LogP contribution is 2.32. The van der Waals surface area contributed by atoms with Crippen LogP contribution in [0.15, 0.2) is 42.5 Å². The number of nitrogens with one attached hydrogen (secondary N) is 1. The van der Waals surface area contributed by atoms with Gasteiger partial charge in [0.15, 0.2) is 11.5 Å². The Labute approximate surface area is 147 Å². The van der Waals surface area contributed by atoms with Crippen molar-refractivity contribution in [2.45, 2.75) is 32.1 Å². The Hall–Kier alpha value is -2.11. The minimum Gasteiger partial charge on any atom is -0.493 e. The second-order valence-electron chi connectivity index (χ2n) is 6.09. The maximum absolute atomic E-state index is 13.8.